The lowest BCUT2D eigenvalue weighted by molar-refractivity contribution is -0.152. The van der Waals surface area contributed by atoms with Crippen molar-refractivity contribution < 1.29 is 9.53 Å². The Balaban J connectivity index is 1.51. The highest BCUT2D eigenvalue weighted by atomic mass is 16.5. The summed E-state index contributed by atoms with van der Waals surface area (Å²) in [7, 11) is 0. The van der Waals surface area contributed by atoms with Crippen LogP contribution in [0.1, 0.15) is 31.2 Å². The molecule has 2 aliphatic rings. The molecule has 1 unspecified atom stereocenters. The molecule has 1 saturated heterocycles. The van der Waals surface area contributed by atoms with Gasteiger partial charge < -0.3 is 10.1 Å². The first-order valence-corrected chi connectivity index (χ1v) is 8.01. The van der Waals surface area contributed by atoms with Crippen LogP contribution in [0.5, 0.6) is 0 Å². The van der Waals surface area contributed by atoms with E-state index in [4.69, 9.17) is 4.74 Å². The number of nitrogens with one attached hydrogen (secondary N) is 1. The molecule has 1 aliphatic heterocycles. The Kier molecular flexibility index (Phi) is 4.88. The summed E-state index contributed by atoms with van der Waals surface area (Å²) in [5.41, 5.74) is 1.29. The van der Waals surface area contributed by atoms with Crippen LogP contribution in [0.3, 0.4) is 0 Å². The summed E-state index contributed by atoms with van der Waals surface area (Å²) in [6.45, 7) is 3.45. The minimum atomic E-state index is -0.178. The Bertz CT molecular complexity index is 457. The van der Waals surface area contributed by atoms with Crippen LogP contribution in [-0.2, 0) is 16.1 Å². The number of benzene rings is 1. The van der Waals surface area contributed by atoms with Gasteiger partial charge in [0.25, 0.3) is 0 Å². The molecule has 0 aromatic heterocycles. The van der Waals surface area contributed by atoms with Crippen molar-refractivity contribution in [1.82, 2.24) is 10.2 Å². The average Bonchev–Trinajstić information content (AvgIpc) is 3.01. The standard InChI is InChI=1S/C17H24N2O2/c20-17(21-15-8-4-5-9-15)16-13-19(11-10-18-16)12-14-6-2-1-3-7-14/h1-3,6-7,15-16,18H,4-5,8-13H2. The minimum Gasteiger partial charge on any atom is -0.461 e. The first-order chi connectivity index (χ1) is 10.3. The van der Waals surface area contributed by atoms with Crippen molar-refractivity contribution in [3.8, 4) is 0 Å². The van der Waals surface area contributed by atoms with E-state index in [1.54, 1.807) is 0 Å². The number of piperazine rings is 1. The van der Waals surface area contributed by atoms with Crippen LogP contribution in [0.4, 0.5) is 0 Å². The highest BCUT2D eigenvalue weighted by molar-refractivity contribution is 5.76. The molecule has 0 radical (unpaired) electrons. The van der Waals surface area contributed by atoms with E-state index in [9.17, 15) is 4.79 Å². The summed E-state index contributed by atoms with van der Waals surface area (Å²) in [5, 5.41) is 3.29. The smallest absolute Gasteiger partial charge is 0.324 e. The topological polar surface area (TPSA) is 41.6 Å². The van der Waals surface area contributed by atoms with Crippen molar-refractivity contribution in [2.75, 3.05) is 19.6 Å². The summed E-state index contributed by atoms with van der Waals surface area (Å²) >= 11 is 0. The van der Waals surface area contributed by atoms with E-state index in [1.807, 2.05) is 6.07 Å². The van der Waals surface area contributed by atoms with Gasteiger partial charge in [-0.1, -0.05) is 30.3 Å². The van der Waals surface area contributed by atoms with Crippen molar-refractivity contribution in [2.45, 2.75) is 44.4 Å². The zero-order chi connectivity index (χ0) is 14.5. The lowest BCUT2D eigenvalue weighted by Gasteiger charge is -2.33. The van der Waals surface area contributed by atoms with Gasteiger partial charge in [-0.25, -0.2) is 0 Å². The monoisotopic (exact) mass is 288 g/mol. The van der Waals surface area contributed by atoms with Gasteiger partial charge in [-0.3, -0.25) is 9.69 Å². The largest absolute Gasteiger partial charge is 0.461 e. The first kappa shape index (κ1) is 14.5. The average molecular weight is 288 g/mol. The van der Waals surface area contributed by atoms with Crippen molar-refractivity contribution in [1.29, 1.82) is 0 Å². The SMILES string of the molecule is O=C(OC1CCCC1)C1CN(Cc2ccccc2)CCN1. The van der Waals surface area contributed by atoms with E-state index in [2.05, 4.69) is 34.5 Å². The van der Waals surface area contributed by atoms with Crippen LogP contribution in [0.2, 0.25) is 0 Å². The maximum Gasteiger partial charge on any atom is 0.324 e. The molecule has 1 aromatic rings. The molecule has 2 fully saturated rings. The molecular formula is C17H24N2O2. The second kappa shape index (κ2) is 7.05. The molecule has 0 spiro atoms. The van der Waals surface area contributed by atoms with Crippen LogP contribution < -0.4 is 5.32 Å². The van der Waals surface area contributed by atoms with Crippen molar-refractivity contribution in [2.24, 2.45) is 0 Å². The summed E-state index contributed by atoms with van der Waals surface area (Å²) < 4.78 is 5.62. The van der Waals surface area contributed by atoms with Crippen LogP contribution in [0, 0.1) is 0 Å². The lowest BCUT2D eigenvalue weighted by Crippen LogP contribution is -2.54. The lowest BCUT2D eigenvalue weighted by atomic mass is 10.1. The van der Waals surface area contributed by atoms with E-state index in [0.717, 1.165) is 39.0 Å². The minimum absolute atomic E-state index is 0.0698. The molecule has 1 saturated carbocycles. The zero-order valence-electron chi connectivity index (χ0n) is 12.5. The maximum atomic E-state index is 12.2. The summed E-state index contributed by atoms with van der Waals surface area (Å²) in [6.07, 6.45) is 4.61. The third-order valence-corrected chi connectivity index (χ3v) is 4.38. The molecule has 21 heavy (non-hydrogen) atoms. The number of nitrogens with zero attached hydrogens (tertiary/aromatic N) is 1. The van der Waals surface area contributed by atoms with Gasteiger partial charge in [-0.15, -0.1) is 0 Å². The summed E-state index contributed by atoms with van der Waals surface area (Å²) in [6, 6.07) is 10.2. The number of rotatable bonds is 4. The van der Waals surface area contributed by atoms with Gasteiger partial charge in [-0.2, -0.15) is 0 Å². The number of hydrogen-bond donors (Lipinski definition) is 1. The molecule has 0 bridgehead atoms. The fourth-order valence-corrected chi connectivity index (χ4v) is 3.21. The van der Waals surface area contributed by atoms with E-state index in [1.165, 1.54) is 18.4 Å². The Labute approximate surface area is 126 Å². The molecule has 114 valence electrons. The summed E-state index contributed by atoms with van der Waals surface area (Å²) in [5.74, 6) is -0.0698. The Hall–Kier alpha value is -1.39. The highest BCUT2D eigenvalue weighted by Gasteiger charge is 2.29. The Morgan fingerprint density at radius 1 is 1.24 bits per heavy atom. The van der Waals surface area contributed by atoms with Crippen LogP contribution in [-0.4, -0.2) is 42.6 Å². The van der Waals surface area contributed by atoms with Crippen LogP contribution in [0.15, 0.2) is 30.3 Å². The number of esters is 1. The first-order valence-electron chi connectivity index (χ1n) is 8.01. The van der Waals surface area contributed by atoms with Gasteiger partial charge in [0, 0.05) is 26.2 Å². The predicted octanol–water partition coefficient (Wildman–Crippen LogP) is 1.95. The quantitative estimate of drug-likeness (QED) is 0.860. The van der Waals surface area contributed by atoms with Gasteiger partial charge in [0.2, 0.25) is 0 Å². The van der Waals surface area contributed by atoms with Gasteiger partial charge >= 0.3 is 5.97 Å². The second-order valence-corrected chi connectivity index (χ2v) is 6.07. The van der Waals surface area contributed by atoms with Crippen molar-refractivity contribution in [3.63, 3.8) is 0 Å². The predicted molar refractivity (Wildman–Crippen MR) is 81.9 cm³/mol. The molecule has 1 aromatic carbocycles. The van der Waals surface area contributed by atoms with Gasteiger partial charge in [0.05, 0.1) is 0 Å². The Morgan fingerprint density at radius 2 is 2.00 bits per heavy atom. The normalized spacial score (nSPS) is 24.1. The second-order valence-electron chi connectivity index (χ2n) is 6.07. The van der Waals surface area contributed by atoms with E-state index < -0.39 is 0 Å². The van der Waals surface area contributed by atoms with E-state index >= 15 is 0 Å². The number of ether oxygens (including phenoxy) is 1. The molecule has 1 N–H and O–H groups in total. The Morgan fingerprint density at radius 3 is 2.76 bits per heavy atom. The number of carbonyl (C=O) groups excluding carboxylic acids is 1. The van der Waals surface area contributed by atoms with Gasteiger partial charge in [0.15, 0.2) is 0 Å². The number of carbonyl (C=O) groups is 1. The molecule has 0 amide bonds. The molecular weight excluding hydrogens is 264 g/mol. The van der Waals surface area contributed by atoms with Crippen LogP contribution >= 0.6 is 0 Å². The third-order valence-electron chi connectivity index (χ3n) is 4.38. The van der Waals surface area contributed by atoms with Crippen molar-refractivity contribution in [3.05, 3.63) is 35.9 Å². The zero-order valence-corrected chi connectivity index (χ0v) is 12.5. The third kappa shape index (κ3) is 4.05. The van der Waals surface area contributed by atoms with E-state index in [-0.39, 0.29) is 18.1 Å². The van der Waals surface area contributed by atoms with Crippen molar-refractivity contribution >= 4 is 5.97 Å². The van der Waals surface area contributed by atoms with E-state index in [0.29, 0.717) is 0 Å². The summed E-state index contributed by atoms with van der Waals surface area (Å²) in [4.78, 5) is 14.6. The molecule has 4 heteroatoms. The van der Waals surface area contributed by atoms with Gasteiger partial charge in [0.1, 0.15) is 12.1 Å². The fraction of sp³-hybridized carbons (Fsp3) is 0.588. The molecule has 1 aliphatic carbocycles. The molecule has 1 heterocycles. The number of hydrogen-bond acceptors (Lipinski definition) is 4. The maximum absolute atomic E-state index is 12.2. The molecule has 4 nitrogen and oxygen atoms in total. The molecule has 1 atom stereocenters. The van der Waals surface area contributed by atoms with Gasteiger partial charge in [-0.05, 0) is 31.2 Å². The van der Waals surface area contributed by atoms with Crippen LogP contribution in [0.25, 0.3) is 0 Å². The highest BCUT2D eigenvalue weighted by Crippen LogP contribution is 2.21. The molecule has 3 rings (SSSR count). The fourth-order valence-electron chi connectivity index (χ4n) is 3.21.